The van der Waals surface area contributed by atoms with E-state index < -0.39 is 5.60 Å². The Morgan fingerprint density at radius 1 is 1.18 bits per heavy atom. The maximum absolute atomic E-state index is 10.3. The van der Waals surface area contributed by atoms with E-state index in [1.54, 1.807) is 6.92 Å². The number of hydrogen-bond donors (Lipinski definition) is 3. The smallest absolute Gasteiger partial charge is 0.127 e. The molecule has 1 aromatic heterocycles. The van der Waals surface area contributed by atoms with E-state index >= 15 is 0 Å². The van der Waals surface area contributed by atoms with Gasteiger partial charge in [-0.1, -0.05) is 12.1 Å². The van der Waals surface area contributed by atoms with E-state index in [9.17, 15) is 5.11 Å². The Morgan fingerprint density at radius 3 is 2.59 bits per heavy atom. The topological polar surface area (TPSA) is 65.4 Å². The maximum atomic E-state index is 10.3. The molecule has 0 aliphatic rings. The second-order valence-corrected chi connectivity index (χ2v) is 6.41. The van der Waals surface area contributed by atoms with Gasteiger partial charge >= 0.3 is 0 Å². The Labute approximate surface area is 132 Å². The molecule has 1 aromatic carbocycles. The lowest BCUT2D eigenvalue weighted by Gasteiger charge is -2.24. The first-order valence-electron chi connectivity index (χ1n) is 7.79. The summed E-state index contributed by atoms with van der Waals surface area (Å²) in [4.78, 5) is 4.71. The third-order valence-corrected chi connectivity index (χ3v) is 4.24. The number of anilines is 1. The van der Waals surface area contributed by atoms with Gasteiger partial charge < -0.3 is 15.5 Å². The van der Waals surface area contributed by atoms with Crippen molar-refractivity contribution in [3.63, 3.8) is 0 Å². The number of aryl methyl sites for hydroxylation is 3. The molecule has 0 saturated carbocycles. The lowest BCUT2D eigenvalue weighted by atomic mass is 10.00. The van der Waals surface area contributed by atoms with Crippen LogP contribution in [-0.4, -0.2) is 33.9 Å². The van der Waals surface area contributed by atoms with Crippen molar-refractivity contribution in [1.82, 2.24) is 4.98 Å². The zero-order valence-corrected chi connectivity index (χ0v) is 13.9. The molecular weight excluding hydrogens is 276 g/mol. The Balaban J connectivity index is 2.24. The van der Waals surface area contributed by atoms with Crippen molar-refractivity contribution in [3.8, 4) is 0 Å². The van der Waals surface area contributed by atoms with E-state index in [-0.39, 0.29) is 6.61 Å². The first-order chi connectivity index (χ1) is 10.3. The molecule has 0 fully saturated rings. The van der Waals surface area contributed by atoms with Gasteiger partial charge in [0.15, 0.2) is 0 Å². The van der Waals surface area contributed by atoms with Crippen LogP contribution in [0.25, 0.3) is 10.9 Å². The standard InChI is InChI=1S/C18H26N2O2/c1-12-6-7-15-13(2)10-16(20-17(15)14(12)3)19-11-18(4,22)8-5-9-21/h6-7,10,21-22H,5,8-9,11H2,1-4H3,(H,19,20). The predicted molar refractivity (Wildman–Crippen MR) is 91.4 cm³/mol. The van der Waals surface area contributed by atoms with Crippen LogP contribution < -0.4 is 5.32 Å². The van der Waals surface area contributed by atoms with Crippen LogP contribution in [0.15, 0.2) is 18.2 Å². The summed E-state index contributed by atoms with van der Waals surface area (Å²) in [5, 5.41) is 23.6. The number of nitrogens with zero attached hydrogens (tertiary/aromatic N) is 1. The SMILES string of the molecule is Cc1ccc2c(C)cc(NCC(C)(O)CCCO)nc2c1C. The molecule has 0 aliphatic heterocycles. The summed E-state index contributed by atoms with van der Waals surface area (Å²) >= 11 is 0. The number of nitrogens with one attached hydrogen (secondary N) is 1. The fraction of sp³-hybridized carbons (Fsp3) is 0.500. The van der Waals surface area contributed by atoms with Gasteiger partial charge in [0.05, 0.1) is 11.1 Å². The van der Waals surface area contributed by atoms with Gasteiger partial charge in [0.25, 0.3) is 0 Å². The summed E-state index contributed by atoms with van der Waals surface area (Å²) in [6.45, 7) is 8.54. The molecule has 0 saturated heterocycles. The van der Waals surface area contributed by atoms with Crippen LogP contribution in [0.1, 0.15) is 36.5 Å². The molecule has 0 bridgehead atoms. The number of aliphatic hydroxyl groups is 2. The second-order valence-electron chi connectivity index (χ2n) is 6.41. The highest BCUT2D eigenvalue weighted by Crippen LogP contribution is 2.25. The van der Waals surface area contributed by atoms with Crippen molar-refractivity contribution in [2.45, 2.75) is 46.1 Å². The van der Waals surface area contributed by atoms with Crippen LogP contribution in [0.4, 0.5) is 5.82 Å². The van der Waals surface area contributed by atoms with Crippen molar-refractivity contribution < 1.29 is 10.2 Å². The Hall–Kier alpha value is -1.65. The number of fused-ring (bicyclic) bond motifs is 1. The molecule has 4 heteroatoms. The van der Waals surface area contributed by atoms with E-state index in [0.29, 0.717) is 19.4 Å². The van der Waals surface area contributed by atoms with Gasteiger partial charge in [-0.15, -0.1) is 0 Å². The van der Waals surface area contributed by atoms with Crippen molar-refractivity contribution in [2.75, 3.05) is 18.5 Å². The van der Waals surface area contributed by atoms with Crippen LogP contribution >= 0.6 is 0 Å². The predicted octanol–water partition coefficient (Wildman–Crippen LogP) is 3.10. The lowest BCUT2D eigenvalue weighted by molar-refractivity contribution is 0.0565. The molecule has 3 N–H and O–H groups in total. The molecule has 1 unspecified atom stereocenters. The minimum atomic E-state index is -0.852. The normalized spacial score (nSPS) is 14.1. The molecule has 22 heavy (non-hydrogen) atoms. The third-order valence-electron chi connectivity index (χ3n) is 4.24. The van der Waals surface area contributed by atoms with Crippen LogP contribution in [0.3, 0.4) is 0 Å². The van der Waals surface area contributed by atoms with E-state index in [2.05, 4.69) is 38.2 Å². The van der Waals surface area contributed by atoms with Crippen LogP contribution in [-0.2, 0) is 0 Å². The van der Waals surface area contributed by atoms with E-state index in [1.165, 1.54) is 22.1 Å². The molecular formula is C18H26N2O2. The summed E-state index contributed by atoms with van der Waals surface area (Å²) in [6.07, 6.45) is 1.15. The van der Waals surface area contributed by atoms with Gasteiger partial charge in [0, 0.05) is 18.5 Å². The molecule has 1 atom stereocenters. The van der Waals surface area contributed by atoms with Crippen LogP contribution in [0, 0.1) is 20.8 Å². The molecule has 120 valence electrons. The zero-order chi connectivity index (χ0) is 16.3. The quantitative estimate of drug-likeness (QED) is 0.767. The van der Waals surface area contributed by atoms with E-state index in [1.807, 2.05) is 6.07 Å². The average molecular weight is 302 g/mol. The Morgan fingerprint density at radius 2 is 1.91 bits per heavy atom. The van der Waals surface area contributed by atoms with Gasteiger partial charge in [-0.05, 0) is 63.3 Å². The van der Waals surface area contributed by atoms with Crippen molar-refractivity contribution >= 4 is 16.7 Å². The monoisotopic (exact) mass is 302 g/mol. The van der Waals surface area contributed by atoms with E-state index in [4.69, 9.17) is 10.1 Å². The zero-order valence-electron chi connectivity index (χ0n) is 13.9. The number of aliphatic hydroxyl groups excluding tert-OH is 1. The molecule has 2 aromatic rings. The second kappa shape index (κ2) is 6.63. The van der Waals surface area contributed by atoms with Crippen molar-refractivity contribution in [1.29, 1.82) is 0 Å². The van der Waals surface area contributed by atoms with Crippen LogP contribution in [0.2, 0.25) is 0 Å². The van der Waals surface area contributed by atoms with Gasteiger partial charge in [-0.2, -0.15) is 0 Å². The highest BCUT2D eigenvalue weighted by atomic mass is 16.3. The number of aromatic nitrogens is 1. The van der Waals surface area contributed by atoms with Gasteiger partial charge in [0.2, 0.25) is 0 Å². The summed E-state index contributed by atoms with van der Waals surface area (Å²) < 4.78 is 0. The molecule has 1 heterocycles. The minimum absolute atomic E-state index is 0.0992. The van der Waals surface area contributed by atoms with Gasteiger partial charge in [0.1, 0.15) is 5.82 Å². The first-order valence-corrected chi connectivity index (χ1v) is 7.79. The van der Waals surface area contributed by atoms with Gasteiger partial charge in [-0.25, -0.2) is 4.98 Å². The van der Waals surface area contributed by atoms with Crippen molar-refractivity contribution in [2.24, 2.45) is 0 Å². The highest BCUT2D eigenvalue weighted by molar-refractivity contribution is 5.87. The summed E-state index contributed by atoms with van der Waals surface area (Å²) in [5.41, 5.74) is 3.75. The molecule has 0 aliphatic carbocycles. The number of pyridine rings is 1. The summed E-state index contributed by atoms with van der Waals surface area (Å²) in [7, 11) is 0. The summed E-state index contributed by atoms with van der Waals surface area (Å²) in [6, 6.07) is 6.25. The molecule has 4 nitrogen and oxygen atoms in total. The summed E-state index contributed by atoms with van der Waals surface area (Å²) in [5.74, 6) is 0.781. The largest absolute Gasteiger partial charge is 0.396 e. The average Bonchev–Trinajstić information content (AvgIpc) is 2.47. The number of rotatable bonds is 6. The maximum Gasteiger partial charge on any atom is 0.127 e. The number of hydrogen-bond acceptors (Lipinski definition) is 4. The molecule has 0 spiro atoms. The Kier molecular flexibility index (Phi) is 5.04. The molecule has 0 radical (unpaired) electrons. The minimum Gasteiger partial charge on any atom is -0.396 e. The third kappa shape index (κ3) is 3.76. The number of benzene rings is 1. The van der Waals surface area contributed by atoms with E-state index in [0.717, 1.165) is 11.3 Å². The highest BCUT2D eigenvalue weighted by Gasteiger charge is 2.19. The fourth-order valence-electron chi connectivity index (χ4n) is 2.62. The fourth-order valence-corrected chi connectivity index (χ4v) is 2.62. The first kappa shape index (κ1) is 16.7. The molecule has 0 amide bonds. The lowest BCUT2D eigenvalue weighted by Crippen LogP contribution is -2.33. The van der Waals surface area contributed by atoms with Gasteiger partial charge in [-0.3, -0.25) is 0 Å². The van der Waals surface area contributed by atoms with Crippen LogP contribution in [0.5, 0.6) is 0 Å². The van der Waals surface area contributed by atoms with Crippen molar-refractivity contribution in [3.05, 3.63) is 34.9 Å². The Bertz CT molecular complexity index is 666. The molecule has 2 rings (SSSR count).